The Kier molecular flexibility index (Phi) is 15.1. The summed E-state index contributed by atoms with van der Waals surface area (Å²) in [5.41, 5.74) is 0.101. The van der Waals surface area contributed by atoms with Gasteiger partial charge in [-0.25, -0.2) is 0 Å². The number of benzene rings is 1. The summed E-state index contributed by atoms with van der Waals surface area (Å²) in [6, 6.07) is 2.71. The molecule has 10 heteroatoms. The summed E-state index contributed by atoms with van der Waals surface area (Å²) in [7, 11) is 4.13. The van der Waals surface area contributed by atoms with E-state index in [4.69, 9.17) is 14.2 Å². The van der Waals surface area contributed by atoms with Gasteiger partial charge in [0.1, 0.15) is 0 Å². The SMILES string of the molecule is COc1cc(C(=O)CC(CC(=O)[O-])C(=O)[O-])cc(OC)c1OC.[K+].[K+]. The maximum Gasteiger partial charge on any atom is 1.00 e. The van der Waals surface area contributed by atoms with E-state index in [0.717, 1.165) is 0 Å². The summed E-state index contributed by atoms with van der Waals surface area (Å²) >= 11 is 0. The predicted octanol–water partition coefficient (Wildman–Crippen LogP) is -7.20. The largest absolute Gasteiger partial charge is 1.00 e. The number of methoxy groups -OCH3 is 3. The maximum absolute atomic E-state index is 12.2. The van der Waals surface area contributed by atoms with Gasteiger partial charge in [0, 0.05) is 29.8 Å². The molecule has 126 valence electrons. The summed E-state index contributed by atoms with van der Waals surface area (Å²) in [5.74, 6) is -4.56. The normalized spacial score (nSPS) is 10.5. The first kappa shape index (κ1) is 27.7. The molecule has 0 aliphatic carbocycles. The van der Waals surface area contributed by atoms with Crippen LogP contribution in [0.2, 0.25) is 0 Å². The number of hydrogen-bond acceptors (Lipinski definition) is 8. The smallest absolute Gasteiger partial charge is 0.550 e. The van der Waals surface area contributed by atoms with Crippen LogP contribution < -0.4 is 127 Å². The van der Waals surface area contributed by atoms with E-state index in [0.29, 0.717) is 0 Å². The number of hydrogen-bond donors (Lipinski definition) is 0. The fourth-order valence-corrected chi connectivity index (χ4v) is 2.02. The molecule has 0 aromatic heterocycles. The average molecular weight is 402 g/mol. The minimum atomic E-state index is -1.63. The average Bonchev–Trinajstić information content (AvgIpc) is 2.51. The minimum absolute atomic E-state index is 0. The third-order valence-corrected chi connectivity index (χ3v) is 3.16. The number of carbonyl (C=O) groups is 3. The fourth-order valence-electron chi connectivity index (χ4n) is 2.02. The first-order valence-electron chi connectivity index (χ1n) is 6.57. The number of Topliss-reactive ketones (excluding diaryl/α,β-unsaturated/α-hetero) is 1. The predicted molar refractivity (Wildman–Crippen MR) is 73.2 cm³/mol. The number of ether oxygens (including phenoxy) is 3. The first-order chi connectivity index (χ1) is 10.8. The van der Waals surface area contributed by atoms with Crippen molar-refractivity contribution in [1.82, 2.24) is 0 Å². The molecule has 0 aliphatic rings. The second-order valence-electron chi connectivity index (χ2n) is 4.63. The Hall–Kier alpha value is 0.503. The van der Waals surface area contributed by atoms with Gasteiger partial charge in [0.2, 0.25) is 5.75 Å². The van der Waals surface area contributed by atoms with Gasteiger partial charge in [0.25, 0.3) is 0 Å². The molecular formula is C15H16K2O8. The molecule has 1 aromatic carbocycles. The van der Waals surface area contributed by atoms with Gasteiger partial charge in [-0.1, -0.05) is 0 Å². The zero-order valence-electron chi connectivity index (χ0n) is 14.9. The molecule has 1 atom stereocenters. The molecule has 8 nitrogen and oxygen atoms in total. The van der Waals surface area contributed by atoms with Crippen molar-refractivity contribution in [3.05, 3.63) is 17.7 Å². The van der Waals surface area contributed by atoms with Crippen LogP contribution in [0.25, 0.3) is 0 Å². The molecule has 0 amide bonds. The summed E-state index contributed by atoms with van der Waals surface area (Å²) in [6.07, 6.45) is -1.35. The standard InChI is InChI=1S/C15H18O8.2K/c1-21-11-5-8(6-12(22-2)14(11)23-3)10(16)4-9(15(19)20)7-13(17)18;;/h5-6,9H,4,7H2,1-3H3,(H,17,18)(H,19,20);;/q;2*+1/p-2. The van der Waals surface area contributed by atoms with Crippen LogP contribution in [-0.4, -0.2) is 39.1 Å². The molecule has 0 fully saturated rings. The van der Waals surface area contributed by atoms with E-state index in [-0.39, 0.29) is 126 Å². The third kappa shape index (κ3) is 8.37. The Morgan fingerprint density at radius 1 is 0.920 bits per heavy atom. The van der Waals surface area contributed by atoms with Crippen LogP contribution in [0.4, 0.5) is 0 Å². The minimum Gasteiger partial charge on any atom is -0.550 e. The molecule has 25 heavy (non-hydrogen) atoms. The molecule has 0 bridgehead atoms. The van der Waals surface area contributed by atoms with E-state index in [1.54, 1.807) is 0 Å². The molecular weight excluding hydrogens is 386 g/mol. The van der Waals surface area contributed by atoms with Gasteiger partial charge in [0.05, 0.1) is 21.3 Å². The van der Waals surface area contributed by atoms with Gasteiger partial charge in [-0.15, -0.1) is 0 Å². The van der Waals surface area contributed by atoms with Gasteiger partial charge in [-0.3, -0.25) is 4.79 Å². The van der Waals surface area contributed by atoms with Crippen molar-refractivity contribution >= 4 is 17.7 Å². The topological polar surface area (TPSA) is 125 Å². The Labute approximate surface area is 230 Å². The molecule has 0 radical (unpaired) electrons. The Morgan fingerprint density at radius 2 is 1.40 bits per heavy atom. The monoisotopic (exact) mass is 402 g/mol. The molecule has 0 heterocycles. The second-order valence-corrected chi connectivity index (χ2v) is 4.63. The number of ketones is 1. The second kappa shape index (κ2) is 13.6. The number of carboxylic acid groups (broad SMARTS) is 2. The van der Waals surface area contributed by atoms with Crippen molar-refractivity contribution < 1.29 is 142 Å². The van der Waals surface area contributed by atoms with Crippen LogP contribution in [0.1, 0.15) is 23.2 Å². The summed E-state index contributed by atoms with van der Waals surface area (Å²) in [4.78, 5) is 33.7. The van der Waals surface area contributed by atoms with E-state index in [9.17, 15) is 24.6 Å². The Morgan fingerprint density at radius 3 is 1.72 bits per heavy atom. The quantitative estimate of drug-likeness (QED) is 0.295. The van der Waals surface area contributed by atoms with Crippen molar-refractivity contribution in [2.75, 3.05) is 21.3 Å². The number of carboxylic acids is 2. The Bertz CT molecular complexity index is 593. The summed E-state index contributed by atoms with van der Waals surface area (Å²) in [6.45, 7) is 0. The van der Waals surface area contributed by atoms with Gasteiger partial charge in [0.15, 0.2) is 17.3 Å². The van der Waals surface area contributed by atoms with Gasteiger partial charge in [-0.2, -0.15) is 0 Å². The number of rotatable bonds is 9. The molecule has 1 unspecified atom stereocenters. The summed E-state index contributed by atoms with van der Waals surface area (Å²) < 4.78 is 15.3. The third-order valence-electron chi connectivity index (χ3n) is 3.16. The first-order valence-corrected chi connectivity index (χ1v) is 6.57. The molecule has 0 saturated heterocycles. The van der Waals surface area contributed by atoms with E-state index in [2.05, 4.69) is 0 Å². The molecule has 1 aromatic rings. The zero-order chi connectivity index (χ0) is 17.6. The van der Waals surface area contributed by atoms with E-state index in [1.807, 2.05) is 0 Å². The fraction of sp³-hybridized carbons (Fsp3) is 0.400. The van der Waals surface area contributed by atoms with Crippen LogP contribution in [0.15, 0.2) is 12.1 Å². The van der Waals surface area contributed by atoms with Gasteiger partial charge >= 0.3 is 103 Å². The van der Waals surface area contributed by atoms with Gasteiger partial charge in [-0.05, 0) is 18.6 Å². The molecule has 0 N–H and O–H groups in total. The van der Waals surface area contributed by atoms with Crippen LogP contribution in [0.5, 0.6) is 17.2 Å². The van der Waals surface area contributed by atoms with E-state index >= 15 is 0 Å². The van der Waals surface area contributed by atoms with Gasteiger partial charge < -0.3 is 34.0 Å². The zero-order valence-corrected chi connectivity index (χ0v) is 21.2. The van der Waals surface area contributed by atoms with Crippen molar-refractivity contribution in [1.29, 1.82) is 0 Å². The van der Waals surface area contributed by atoms with Crippen molar-refractivity contribution in [3.63, 3.8) is 0 Å². The van der Waals surface area contributed by atoms with Crippen molar-refractivity contribution in [2.24, 2.45) is 5.92 Å². The van der Waals surface area contributed by atoms with E-state index in [1.165, 1.54) is 33.5 Å². The van der Waals surface area contributed by atoms with E-state index < -0.39 is 36.5 Å². The molecule has 0 aliphatic heterocycles. The summed E-state index contributed by atoms with van der Waals surface area (Å²) in [5, 5.41) is 21.5. The van der Waals surface area contributed by atoms with Crippen LogP contribution in [0.3, 0.4) is 0 Å². The number of carbonyl (C=O) groups excluding carboxylic acids is 3. The Balaban J connectivity index is 0. The molecule has 1 rings (SSSR count). The molecule has 0 spiro atoms. The molecule has 0 saturated carbocycles. The van der Waals surface area contributed by atoms with Crippen molar-refractivity contribution in [2.45, 2.75) is 12.8 Å². The maximum atomic E-state index is 12.2. The van der Waals surface area contributed by atoms with Crippen molar-refractivity contribution in [3.8, 4) is 17.2 Å². The number of aliphatic carboxylic acids is 2. The van der Waals surface area contributed by atoms with Crippen LogP contribution >= 0.6 is 0 Å². The van der Waals surface area contributed by atoms with Crippen LogP contribution in [0, 0.1) is 5.92 Å². The van der Waals surface area contributed by atoms with Crippen LogP contribution in [-0.2, 0) is 9.59 Å².